The molecular weight excluding hydrogens is 375 g/mol. The van der Waals surface area contributed by atoms with Gasteiger partial charge in [-0.05, 0) is 29.8 Å². The van der Waals surface area contributed by atoms with Gasteiger partial charge in [0.25, 0.3) is 0 Å². The fraction of sp³-hybridized carbons (Fsp3) is 0.278. The number of fused-ring (bicyclic) bond motifs is 1. The van der Waals surface area contributed by atoms with Gasteiger partial charge in [0.15, 0.2) is 5.58 Å². The van der Waals surface area contributed by atoms with Crippen molar-refractivity contribution >= 4 is 21.1 Å². The highest BCUT2D eigenvalue weighted by Crippen LogP contribution is 2.28. The molecule has 1 unspecified atom stereocenters. The van der Waals surface area contributed by atoms with Gasteiger partial charge in [0.05, 0.1) is 23.1 Å². The Morgan fingerprint density at radius 3 is 2.63 bits per heavy atom. The van der Waals surface area contributed by atoms with Gasteiger partial charge in [-0.2, -0.15) is 4.31 Å². The molecule has 1 aromatic heterocycles. The summed E-state index contributed by atoms with van der Waals surface area (Å²) < 4.78 is 52.6. The molecule has 0 spiro atoms. The average Bonchev–Trinajstić information content (AvgIpc) is 2.96. The summed E-state index contributed by atoms with van der Waals surface area (Å²) in [4.78, 5) is 11.7. The van der Waals surface area contributed by atoms with Crippen LogP contribution < -0.4 is 5.76 Å². The van der Waals surface area contributed by atoms with Gasteiger partial charge in [0.2, 0.25) is 10.0 Å². The fourth-order valence-electron chi connectivity index (χ4n) is 3.15. The Morgan fingerprint density at radius 2 is 1.89 bits per heavy atom. The number of nitrogens with zero attached hydrogens (tertiary/aromatic N) is 2. The number of oxazole rings is 1. The molecule has 3 aromatic rings. The van der Waals surface area contributed by atoms with Crippen LogP contribution in [0.4, 0.5) is 4.39 Å². The normalized spacial score (nSPS) is 18.8. The lowest BCUT2D eigenvalue weighted by Crippen LogP contribution is -2.42. The van der Waals surface area contributed by atoms with Crippen molar-refractivity contribution in [1.82, 2.24) is 8.87 Å². The number of morpholine rings is 1. The van der Waals surface area contributed by atoms with Gasteiger partial charge >= 0.3 is 5.76 Å². The number of rotatable bonds is 3. The molecule has 142 valence electrons. The quantitative estimate of drug-likeness (QED) is 0.681. The third-order valence-electron chi connectivity index (χ3n) is 4.67. The Hall–Kier alpha value is -2.49. The molecule has 27 heavy (non-hydrogen) atoms. The summed E-state index contributed by atoms with van der Waals surface area (Å²) in [5, 5.41) is 0. The molecule has 1 saturated heterocycles. The maximum Gasteiger partial charge on any atom is 0.419 e. The third kappa shape index (κ3) is 3.18. The number of hydrogen-bond donors (Lipinski definition) is 0. The number of aromatic nitrogens is 1. The van der Waals surface area contributed by atoms with E-state index in [-0.39, 0.29) is 36.0 Å². The first-order valence-electron chi connectivity index (χ1n) is 8.33. The van der Waals surface area contributed by atoms with Crippen LogP contribution in [-0.2, 0) is 21.8 Å². The highest BCUT2D eigenvalue weighted by molar-refractivity contribution is 7.89. The van der Waals surface area contributed by atoms with Gasteiger partial charge in [-0.25, -0.2) is 17.6 Å². The Labute approximate surface area is 154 Å². The van der Waals surface area contributed by atoms with Crippen LogP contribution in [0, 0.1) is 5.82 Å². The Balaban J connectivity index is 1.64. The minimum atomic E-state index is -3.80. The van der Waals surface area contributed by atoms with Gasteiger partial charge < -0.3 is 9.15 Å². The maximum atomic E-state index is 13.1. The minimum Gasteiger partial charge on any atom is -0.408 e. The van der Waals surface area contributed by atoms with Crippen LogP contribution in [0.5, 0.6) is 0 Å². The van der Waals surface area contributed by atoms with Gasteiger partial charge in [-0.1, -0.05) is 12.1 Å². The Morgan fingerprint density at radius 1 is 1.15 bits per heavy atom. The minimum absolute atomic E-state index is 0.0455. The molecule has 4 rings (SSSR count). The molecule has 0 bridgehead atoms. The summed E-state index contributed by atoms with van der Waals surface area (Å²) in [6.07, 6.45) is -0.479. The molecule has 1 aliphatic heterocycles. The second-order valence-electron chi connectivity index (χ2n) is 6.33. The number of ether oxygens (including phenoxy) is 1. The molecule has 0 saturated carbocycles. The van der Waals surface area contributed by atoms with E-state index in [1.807, 2.05) is 0 Å². The monoisotopic (exact) mass is 392 g/mol. The zero-order chi connectivity index (χ0) is 19.2. The fourth-order valence-corrected chi connectivity index (χ4v) is 4.59. The molecule has 0 amide bonds. The van der Waals surface area contributed by atoms with Crippen molar-refractivity contribution in [3.63, 3.8) is 0 Å². The summed E-state index contributed by atoms with van der Waals surface area (Å²) in [6.45, 7) is 0.547. The van der Waals surface area contributed by atoms with Crippen molar-refractivity contribution in [2.75, 3.05) is 19.7 Å². The predicted molar refractivity (Wildman–Crippen MR) is 95.3 cm³/mol. The van der Waals surface area contributed by atoms with Crippen LogP contribution in [0.25, 0.3) is 11.1 Å². The molecular formula is C18H17FN2O5S. The Kier molecular flexibility index (Phi) is 4.37. The largest absolute Gasteiger partial charge is 0.419 e. The molecule has 0 aliphatic carbocycles. The van der Waals surface area contributed by atoms with Crippen molar-refractivity contribution in [2.45, 2.75) is 11.0 Å². The highest BCUT2D eigenvalue weighted by Gasteiger charge is 2.32. The van der Waals surface area contributed by atoms with Crippen molar-refractivity contribution in [1.29, 1.82) is 0 Å². The predicted octanol–water partition coefficient (Wildman–Crippen LogP) is 2.03. The van der Waals surface area contributed by atoms with E-state index in [0.29, 0.717) is 11.1 Å². The molecule has 1 fully saturated rings. The van der Waals surface area contributed by atoms with E-state index >= 15 is 0 Å². The van der Waals surface area contributed by atoms with E-state index < -0.39 is 21.9 Å². The summed E-state index contributed by atoms with van der Waals surface area (Å²) in [7, 11) is -2.25. The van der Waals surface area contributed by atoms with Crippen molar-refractivity contribution < 1.29 is 22.0 Å². The zero-order valence-corrected chi connectivity index (χ0v) is 15.3. The molecule has 9 heteroatoms. The molecule has 7 nitrogen and oxygen atoms in total. The van der Waals surface area contributed by atoms with E-state index in [2.05, 4.69) is 0 Å². The molecule has 2 aromatic carbocycles. The second-order valence-corrected chi connectivity index (χ2v) is 8.27. The van der Waals surface area contributed by atoms with Gasteiger partial charge in [0.1, 0.15) is 5.82 Å². The molecule has 0 N–H and O–H groups in total. The van der Waals surface area contributed by atoms with Crippen LogP contribution in [0.15, 0.2) is 56.6 Å². The highest BCUT2D eigenvalue weighted by atomic mass is 32.2. The first kappa shape index (κ1) is 17.9. The first-order chi connectivity index (χ1) is 12.9. The Bertz CT molecular complexity index is 1150. The van der Waals surface area contributed by atoms with E-state index in [4.69, 9.17) is 9.15 Å². The van der Waals surface area contributed by atoms with Crippen molar-refractivity contribution in [2.24, 2.45) is 7.05 Å². The van der Waals surface area contributed by atoms with E-state index in [1.165, 1.54) is 33.1 Å². The zero-order valence-electron chi connectivity index (χ0n) is 14.5. The summed E-state index contributed by atoms with van der Waals surface area (Å²) in [5.41, 5.74) is 1.44. The molecule has 2 heterocycles. The maximum absolute atomic E-state index is 13.1. The third-order valence-corrected chi connectivity index (χ3v) is 6.53. The van der Waals surface area contributed by atoms with E-state index in [9.17, 15) is 17.6 Å². The first-order valence-corrected chi connectivity index (χ1v) is 9.77. The van der Waals surface area contributed by atoms with Crippen molar-refractivity contribution in [3.05, 3.63) is 64.4 Å². The summed E-state index contributed by atoms with van der Waals surface area (Å²) >= 11 is 0. The lowest BCUT2D eigenvalue weighted by Gasteiger charge is -2.32. The molecule has 0 radical (unpaired) electrons. The summed E-state index contributed by atoms with van der Waals surface area (Å²) in [5.74, 6) is -0.918. The number of benzene rings is 2. The van der Waals surface area contributed by atoms with Crippen LogP contribution in [0.2, 0.25) is 0 Å². The SMILES string of the molecule is Cn1c(=O)oc2cc(S(=O)(=O)N3CCOC(c4ccc(F)cc4)C3)ccc21. The molecule has 1 aliphatic rings. The smallest absolute Gasteiger partial charge is 0.408 e. The van der Waals surface area contributed by atoms with Crippen molar-refractivity contribution in [3.8, 4) is 0 Å². The number of sulfonamides is 1. The van der Waals surface area contributed by atoms with Crippen LogP contribution >= 0.6 is 0 Å². The van der Waals surface area contributed by atoms with Gasteiger partial charge in [-0.15, -0.1) is 0 Å². The standard InChI is InChI=1S/C18H17FN2O5S/c1-20-15-7-6-14(10-16(15)26-18(20)22)27(23,24)21-8-9-25-17(11-21)12-2-4-13(19)5-3-12/h2-7,10,17H,8-9,11H2,1H3. The number of halogens is 1. The lowest BCUT2D eigenvalue weighted by atomic mass is 10.1. The second kappa shape index (κ2) is 6.59. The van der Waals surface area contributed by atoms with Gasteiger partial charge in [0, 0.05) is 26.2 Å². The van der Waals surface area contributed by atoms with Crippen LogP contribution in [0.3, 0.4) is 0 Å². The lowest BCUT2D eigenvalue weighted by molar-refractivity contribution is -0.00258. The number of hydrogen-bond acceptors (Lipinski definition) is 5. The van der Waals surface area contributed by atoms with Crippen LogP contribution in [0.1, 0.15) is 11.7 Å². The van der Waals surface area contributed by atoms with Gasteiger partial charge in [-0.3, -0.25) is 4.57 Å². The van der Waals surface area contributed by atoms with E-state index in [1.54, 1.807) is 25.2 Å². The average molecular weight is 392 g/mol. The topological polar surface area (TPSA) is 81.8 Å². The van der Waals surface area contributed by atoms with Crippen LogP contribution in [-0.4, -0.2) is 37.0 Å². The molecule has 1 atom stereocenters. The summed E-state index contributed by atoms with van der Waals surface area (Å²) in [6, 6.07) is 10.2. The van der Waals surface area contributed by atoms with E-state index in [0.717, 1.165) is 0 Å². The number of aryl methyl sites for hydroxylation is 1.